The number of ether oxygens (including phenoxy) is 1. The Morgan fingerprint density at radius 1 is 1.26 bits per heavy atom. The molecular weight excluding hydrogens is 245 g/mol. The second-order valence-electron chi connectivity index (χ2n) is 4.44. The minimum Gasteiger partial charge on any atom is -0.384 e. The molecule has 1 aromatic heterocycles. The van der Waals surface area contributed by atoms with Crippen LogP contribution in [0, 0.1) is 5.82 Å². The van der Waals surface area contributed by atoms with Crippen LogP contribution in [0.15, 0.2) is 24.3 Å². The van der Waals surface area contributed by atoms with E-state index < -0.39 is 0 Å². The molecule has 0 N–H and O–H groups in total. The summed E-state index contributed by atoms with van der Waals surface area (Å²) in [5, 5.41) is 4.33. The van der Waals surface area contributed by atoms with E-state index in [1.165, 1.54) is 6.07 Å². The van der Waals surface area contributed by atoms with Crippen molar-refractivity contribution in [1.82, 2.24) is 14.8 Å². The maximum atomic E-state index is 13.1. The minimum absolute atomic E-state index is 0.198. The Labute approximate surface area is 112 Å². The topological polar surface area (TPSA) is 39.9 Å². The molecule has 0 saturated carbocycles. The van der Waals surface area contributed by atoms with Crippen molar-refractivity contribution in [2.24, 2.45) is 7.05 Å². The van der Waals surface area contributed by atoms with Crippen molar-refractivity contribution in [1.29, 1.82) is 0 Å². The van der Waals surface area contributed by atoms with Crippen molar-refractivity contribution in [3.63, 3.8) is 0 Å². The van der Waals surface area contributed by atoms with Gasteiger partial charge in [-0.05, 0) is 24.1 Å². The largest absolute Gasteiger partial charge is 0.384 e. The van der Waals surface area contributed by atoms with Gasteiger partial charge in [-0.25, -0.2) is 9.37 Å². The molecule has 0 aliphatic heterocycles. The van der Waals surface area contributed by atoms with Gasteiger partial charge < -0.3 is 4.74 Å². The zero-order valence-corrected chi connectivity index (χ0v) is 11.3. The number of benzene rings is 1. The van der Waals surface area contributed by atoms with E-state index in [4.69, 9.17) is 4.74 Å². The van der Waals surface area contributed by atoms with Gasteiger partial charge in [0.15, 0.2) is 5.82 Å². The second kappa shape index (κ2) is 6.43. The highest BCUT2D eigenvalue weighted by Gasteiger charge is 2.07. The summed E-state index contributed by atoms with van der Waals surface area (Å²) in [5.41, 5.74) is 0.974. The highest BCUT2D eigenvalue weighted by atomic mass is 19.1. The quantitative estimate of drug-likeness (QED) is 0.799. The average molecular weight is 263 g/mol. The van der Waals surface area contributed by atoms with Crippen LogP contribution in [0.25, 0.3) is 0 Å². The molecule has 19 heavy (non-hydrogen) atoms. The second-order valence-corrected chi connectivity index (χ2v) is 4.44. The summed E-state index contributed by atoms with van der Waals surface area (Å²) in [5.74, 6) is 1.50. The first-order chi connectivity index (χ1) is 9.19. The van der Waals surface area contributed by atoms with Crippen LogP contribution in [0.3, 0.4) is 0 Å². The first kappa shape index (κ1) is 13.7. The monoisotopic (exact) mass is 263 g/mol. The molecule has 1 aromatic carbocycles. The number of rotatable bonds is 6. The third-order valence-corrected chi connectivity index (χ3v) is 2.95. The molecule has 0 radical (unpaired) electrons. The van der Waals surface area contributed by atoms with Crippen LogP contribution in [-0.4, -0.2) is 28.5 Å². The molecule has 2 rings (SSSR count). The normalized spacial score (nSPS) is 10.9. The molecule has 0 spiro atoms. The fourth-order valence-corrected chi connectivity index (χ4v) is 1.94. The molecule has 0 amide bonds. The van der Waals surface area contributed by atoms with Gasteiger partial charge in [0.1, 0.15) is 11.6 Å². The van der Waals surface area contributed by atoms with E-state index in [1.807, 2.05) is 13.1 Å². The molecule has 5 heteroatoms. The number of aryl methyl sites for hydroxylation is 3. The summed E-state index contributed by atoms with van der Waals surface area (Å²) >= 11 is 0. The van der Waals surface area contributed by atoms with Crippen molar-refractivity contribution in [3.05, 3.63) is 47.3 Å². The first-order valence-corrected chi connectivity index (χ1v) is 6.31. The van der Waals surface area contributed by atoms with Crippen LogP contribution in [0.2, 0.25) is 0 Å². The molecule has 0 aliphatic rings. The van der Waals surface area contributed by atoms with Crippen molar-refractivity contribution < 1.29 is 9.13 Å². The minimum atomic E-state index is -0.198. The summed E-state index contributed by atoms with van der Waals surface area (Å²) in [6.45, 7) is 0.618. The predicted octanol–water partition coefficient (Wildman–Crippen LogP) is 1.93. The number of hydrogen-bond acceptors (Lipinski definition) is 3. The number of halogens is 1. The summed E-state index contributed by atoms with van der Waals surface area (Å²) in [6.07, 6.45) is 2.22. The Morgan fingerprint density at radius 3 is 2.84 bits per heavy atom. The van der Waals surface area contributed by atoms with Gasteiger partial charge in [0.25, 0.3) is 0 Å². The van der Waals surface area contributed by atoms with E-state index in [2.05, 4.69) is 10.1 Å². The Kier molecular flexibility index (Phi) is 4.63. The molecule has 0 bridgehead atoms. The number of aromatic nitrogens is 3. The molecule has 1 heterocycles. The van der Waals surface area contributed by atoms with Crippen molar-refractivity contribution >= 4 is 0 Å². The SMILES string of the molecule is COCCc1nc(CCc2cccc(F)c2)n(C)n1. The predicted molar refractivity (Wildman–Crippen MR) is 70.4 cm³/mol. The summed E-state index contributed by atoms with van der Waals surface area (Å²) in [7, 11) is 3.54. The van der Waals surface area contributed by atoms with E-state index >= 15 is 0 Å². The lowest BCUT2D eigenvalue weighted by molar-refractivity contribution is 0.200. The van der Waals surface area contributed by atoms with Gasteiger partial charge in [0.2, 0.25) is 0 Å². The zero-order chi connectivity index (χ0) is 13.7. The standard InChI is InChI=1S/C14H18FN3O/c1-18-14(16-13(17-18)8-9-19-2)7-6-11-4-3-5-12(15)10-11/h3-5,10H,6-9H2,1-2H3. The van der Waals surface area contributed by atoms with Crippen LogP contribution in [-0.2, 0) is 31.0 Å². The van der Waals surface area contributed by atoms with Crippen molar-refractivity contribution in [2.45, 2.75) is 19.3 Å². The third-order valence-electron chi connectivity index (χ3n) is 2.95. The van der Waals surface area contributed by atoms with Gasteiger partial charge >= 0.3 is 0 Å². The molecule has 102 valence electrons. The molecule has 0 aliphatic carbocycles. The van der Waals surface area contributed by atoms with E-state index in [0.29, 0.717) is 13.0 Å². The van der Waals surface area contributed by atoms with Gasteiger partial charge in [-0.1, -0.05) is 12.1 Å². The highest BCUT2D eigenvalue weighted by Crippen LogP contribution is 2.08. The molecule has 0 unspecified atom stereocenters. The number of hydrogen-bond donors (Lipinski definition) is 0. The maximum Gasteiger partial charge on any atom is 0.153 e. The maximum absolute atomic E-state index is 13.1. The number of nitrogens with zero attached hydrogens (tertiary/aromatic N) is 3. The van der Waals surface area contributed by atoms with E-state index in [0.717, 1.165) is 30.1 Å². The first-order valence-electron chi connectivity index (χ1n) is 6.31. The molecule has 2 aromatic rings. The van der Waals surface area contributed by atoms with Crippen molar-refractivity contribution in [3.8, 4) is 0 Å². The highest BCUT2D eigenvalue weighted by molar-refractivity contribution is 5.17. The average Bonchev–Trinajstić information content (AvgIpc) is 2.75. The third kappa shape index (κ3) is 3.86. The molecule has 0 fully saturated rings. The Balaban J connectivity index is 1.97. The van der Waals surface area contributed by atoms with Crippen LogP contribution < -0.4 is 0 Å². The van der Waals surface area contributed by atoms with Crippen molar-refractivity contribution in [2.75, 3.05) is 13.7 Å². The van der Waals surface area contributed by atoms with Gasteiger partial charge in [0.05, 0.1) is 6.61 Å². The summed E-state index contributed by atoms with van der Waals surface area (Å²) < 4.78 is 19.9. The van der Waals surface area contributed by atoms with Crippen LogP contribution >= 0.6 is 0 Å². The van der Waals surface area contributed by atoms with E-state index in [-0.39, 0.29) is 5.82 Å². The van der Waals surface area contributed by atoms with E-state index in [9.17, 15) is 4.39 Å². The Bertz CT molecular complexity index is 539. The fraction of sp³-hybridized carbons (Fsp3) is 0.429. The van der Waals surface area contributed by atoms with Gasteiger partial charge in [-0.2, -0.15) is 5.10 Å². The fourth-order valence-electron chi connectivity index (χ4n) is 1.94. The smallest absolute Gasteiger partial charge is 0.153 e. The Hall–Kier alpha value is -1.75. The van der Waals surface area contributed by atoms with Crippen LogP contribution in [0.1, 0.15) is 17.2 Å². The summed E-state index contributed by atoms with van der Waals surface area (Å²) in [4.78, 5) is 4.46. The zero-order valence-electron chi connectivity index (χ0n) is 11.3. The molecule has 0 atom stereocenters. The lowest BCUT2D eigenvalue weighted by Gasteiger charge is -2.01. The lowest BCUT2D eigenvalue weighted by Crippen LogP contribution is -2.01. The van der Waals surface area contributed by atoms with Crippen LogP contribution in [0.5, 0.6) is 0 Å². The lowest BCUT2D eigenvalue weighted by atomic mass is 10.1. The van der Waals surface area contributed by atoms with Gasteiger partial charge in [-0.15, -0.1) is 0 Å². The van der Waals surface area contributed by atoms with Gasteiger partial charge in [-0.3, -0.25) is 4.68 Å². The van der Waals surface area contributed by atoms with Gasteiger partial charge in [0, 0.05) is 27.0 Å². The van der Waals surface area contributed by atoms with Crippen LogP contribution in [0.4, 0.5) is 4.39 Å². The Morgan fingerprint density at radius 2 is 2.11 bits per heavy atom. The summed E-state index contributed by atoms with van der Waals surface area (Å²) in [6, 6.07) is 6.66. The molecular formula is C14H18FN3O. The molecule has 4 nitrogen and oxygen atoms in total. The molecule has 0 saturated heterocycles. The van der Waals surface area contributed by atoms with E-state index in [1.54, 1.807) is 23.9 Å². The number of methoxy groups -OCH3 is 1.